The van der Waals surface area contributed by atoms with Gasteiger partial charge in [-0.1, -0.05) is 42.3 Å². The van der Waals surface area contributed by atoms with Crippen LogP contribution in [0.4, 0.5) is 5.69 Å². The number of rotatable bonds is 6. The van der Waals surface area contributed by atoms with Gasteiger partial charge in [-0.05, 0) is 56.9 Å². The van der Waals surface area contributed by atoms with E-state index in [9.17, 15) is 18.0 Å². The van der Waals surface area contributed by atoms with Gasteiger partial charge in [-0.25, -0.2) is 8.42 Å². The number of hydrogen-bond donors (Lipinski definition) is 2. The van der Waals surface area contributed by atoms with Crippen LogP contribution in [0.5, 0.6) is 0 Å². The summed E-state index contributed by atoms with van der Waals surface area (Å²) in [5.41, 5.74) is 3.74. The second-order valence-electron chi connectivity index (χ2n) is 7.98. The zero-order chi connectivity index (χ0) is 22.6. The first kappa shape index (κ1) is 23.0. The van der Waals surface area contributed by atoms with Gasteiger partial charge < -0.3 is 10.6 Å². The number of anilines is 1. The molecule has 31 heavy (non-hydrogen) atoms. The van der Waals surface area contributed by atoms with Gasteiger partial charge in [0.2, 0.25) is 21.8 Å². The van der Waals surface area contributed by atoms with Crippen molar-refractivity contribution in [1.29, 1.82) is 0 Å². The lowest BCUT2D eigenvalue weighted by Gasteiger charge is -2.33. The summed E-state index contributed by atoms with van der Waals surface area (Å²) in [5.74, 6) is -0.802. The van der Waals surface area contributed by atoms with E-state index in [1.807, 2.05) is 32.9 Å². The van der Waals surface area contributed by atoms with Crippen LogP contribution in [0.1, 0.15) is 36.0 Å². The second kappa shape index (κ2) is 9.62. The Labute approximate surface area is 183 Å². The van der Waals surface area contributed by atoms with E-state index in [4.69, 9.17) is 0 Å². The molecule has 7 nitrogen and oxygen atoms in total. The Balaban J connectivity index is 1.67. The molecule has 0 spiro atoms. The van der Waals surface area contributed by atoms with E-state index in [1.54, 1.807) is 18.2 Å². The number of carbonyl (C=O) groups excluding carboxylic acids is 2. The maximum absolute atomic E-state index is 13.1. The summed E-state index contributed by atoms with van der Waals surface area (Å²) in [4.78, 5) is 25.4. The minimum atomic E-state index is -3.79. The van der Waals surface area contributed by atoms with Crippen LogP contribution in [0.25, 0.3) is 0 Å². The van der Waals surface area contributed by atoms with Crippen LogP contribution in [0, 0.1) is 20.8 Å². The van der Waals surface area contributed by atoms with Gasteiger partial charge in [0.1, 0.15) is 6.04 Å². The number of amides is 2. The Morgan fingerprint density at radius 3 is 2.32 bits per heavy atom. The molecule has 1 unspecified atom stereocenters. The highest BCUT2D eigenvalue weighted by molar-refractivity contribution is 7.89. The van der Waals surface area contributed by atoms with Crippen molar-refractivity contribution < 1.29 is 18.0 Å². The fraction of sp³-hybridized carbons (Fsp3) is 0.391. The second-order valence-corrected chi connectivity index (χ2v) is 9.87. The van der Waals surface area contributed by atoms with Crippen LogP contribution >= 0.6 is 0 Å². The molecule has 166 valence electrons. The van der Waals surface area contributed by atoms with Crippen molar-refractivity contribution in [3.05, 3.63) is 59.2 Å². The number of aryl methyl sites for hydroxylation is 3. The molecule has 1 saturated heterocycles. The summed E-state index contributed by atoms with van der Waals surface area (Å²) in [6.07, 6.45) is 1.88. The largest absolute Gasteiger partial charge is 0.346 e. The summed E-state index contributed by atoms with van der Waals surface area (Å²) < 4.78 is 27.4. The first-order valence-electron chi connectivity index (χ1n) is 10.4. The molecule has 1 heterocycles. The van der Waals surface area contributed by atoms with Gasteiger partial charge in [0.25, 0.3) is 0 Å². The van der Waals surface area contributed by atoms with Gasteiger partial charge in [-0.2, -0.15) is 4.31 Å². The molecular weight excluding hydrogens is 414 g/mol. The lowest BCUT2D eigenvalue weighted by molar-refractivity contribution is -0.127. The van der Waals surface area contributed by atoms with E-state index in [0.29, 0.717) is 12.8 Å². The van der Waals surface area contributed by atoms with Crippen molar-refractivity contribution >= 4 is 27.5 Å². The van der Waals surface area contributed by atoms with Crippen molar-refractivity contribution in [3.8, 4) is 0 Å². The van der Waals surface area contributed by atoms with Crippen molar-refractivity contribution in [1.82, 2.24) is 9.62 Å². The molecule has 0 aromatic heterocycles. The Morgan fingerprint density at radius 2 is 1.68 bits per heavy atom. The molecule has 1 fully saturated rings. The summed E-state index contributed by atoms with van der Waals surface area (Å²) >= 11 is 0. The van der Waals surface area contributed by atoms with Gasteiger partial charge in [0.05, 0.1) is 11.4 Å². The molecule has 0 bridgehead atoms. The van der Waals surface area contributed by atoms with Crippen LogP contribution in [0.15, 0.2) is 47.4 Å². The highest BCUT2D eigenvalue weighted by Gasteiger charge is 2.37. The number of nitrogens with one attached hydrogen (secondary N) is 2. The Bertz CT molecular complexity index is 1040. The van der Waals surface area contributed by atoms with E-state index in [0.717, 1.165) is 28.8 Å². The highest BCUT2D eigenvalue weighted by atomic mass is 32.2. The van der Waals surface area contributed by atoms with Crippen LogP contribution in [-0.4, -0.2) is 43.7 Å². The molecule has 0 radical (unpaired) electrons. The lowest BCUT2D eigenvalue weighted by Crippen LogP contribution is -2.52. The van der Waals surface area contributed by atoms with Crippen molar-refractivity contribution in [3.63, 3.8) is 0 Å². The van der Waals surface area contributed by atoms with E-state index in [-0.39, 0.29) is 23.9 Å². The van der Waals surface area contributed by atoms with Crippen LogP contribution in [0.3, 0.4) is 0 Å². The van der Waals surface area contributed by atoms with E-state index in [2.05, 4.69) is 10.6 Å². The normalized spacial score (nSPS) is 17.2. The number of nitrogens with zero attached hydrogens (tertiary/aromatic N) is 1. The number of benzene rings is 2. The van der Waals surface area contributed by atoms with Crippen LogP contribution in [0.2, 0.25) is 0 Å². The lowest BCUT2D eigenvalue weighted by atomic mass is 10.0. The Hall–Kier alpha value is -2.71. The molecule has 0 aliphatic carbocycles. The standard InChI is InChI=1S/C23H29N3O4S/c1-16-13-17(2)22(18(3)14-16)25-21(27)15-24-23(28)20-11-7-8-12-26(20)31(29,30)19-9-5-4-6-10-19/h4-6,9-10,13-14,20H,7-8,11-12,15H2,1-3H3,(H,24,28)(H,25,27). The average molecular weight is 444 g/mol. The quantitative estimate of drug-likeness (QED) is 0.718. The van der Waals surface area contributed by atoms with Crippen LogP contribution < -0.4 is 10.6 Å². The minimum Gasteiger partial charge on any atom is -0.346 e. The topological polar surface area (TPSA) is 95.6 Å². The number of piperidine rings is 1. The zero-order valence-corrected chi connectivity index (χ0v) is 19.0. The number of sulfonamides is 1. The van der Waals surface area contributed by atoms with Crippen molar-refractivity contribution in [2.24, 2.45) is 0 Å². The zero-order valence-electron chi connectivity index (χ0n) is 18.1. The van der Waals surface area contributed by atoms with E-state index >= 15 is 0 Å². The fourth-order valence-electron chi connectivity index (χ4n) is 4.03. The first-order chi connectivity index (χ1) is 14.7. The highest BCUT2D eigenvalue weighted by Crippen LogP contribution is 2.25. The summed E-state index contributed by atoms with van der Waals surface area (Å²) in [6.45, 7) is 5.89. The molecule has 8 heteroatoms. The molecule has 2 amide bonds. The molecule has 1 aliphatic rings. The van der Waals surface area contributed by atoms with Gasteiger partial charge in [-0.3, -0.25) is 9.59 Å². The molecule has 1 aliphatic heterocycles. The van der Waals surface area contributed by atoms with Gasteiger partial charge >= 0.3 is 0 Å². The molecule has 2 aromatic rings. The molecular formula is C23H29N3O4S. The smallest absolute Gasteiger partial charge is 0.243 e. The number of hydrogen-bond acceptors (Lipinski definition) is 4. The maximum Gasteiger partial charge on any atom is 0.243 e. The average Bonchev–Trinajstić information content (AvgIpc) is 2.75. The molecule has 3 rings (SSSR count). The van der Waals surface area contributed by atoms with E-state index in [1.165, 1.54) is 16.4 Å². The Morgan fingerprint density at radius 1 is 1.03 bits per heavy atom. The SMILES string of the molecule is Cc1cc(C)c(NC(=O)CNC(=O)C2CCCCN2S(=O)(=O)c2ccccc2)c(C)c1. The van der Waals surface area contributed by atoms with E-state index < -0.39 is 22.0 Å². The molecule has 0 saturated carbocycles. The predicted molar refractivity (Wildman–Crippen MR) is 120 cm³/mol. The molecule has 2 aromatic carbocycles. The predicted octanol–water partition coefficient (Wildman–Crippen LogP) is 2.91. The number of carbonyl (C=O) groups is 2. The Kier molecular flexibility index (Phi) is 7.12. The van der Waals surface area contributed by atoms with Crippen LogP contribution in [-0.2, 0) is 19.6 Å². The first-order valence-corrected chi connectivity index (χ1v) is 11.9. The third kappa shape index (κ3) is 5.32. The summed E-state index contributed by atoms with van der Waals surface area (Å²) in [7, 11) is -3.79. The van der Waals surface area contributed by atoms with Crippen molar-refractivity contribution in [2.45, 2.75) is 51.0 Å². The minimum absolute atomic E-state index is 0.165. The van der Waals surface area contributed by atoms with Gasteiger partial charge in [0.15, 0.2) is 0 Å². The van der Waals surface area contributed by atoms with Gasteiger partial charge in [-0.15, -0.1) is 0 Å². The summed E-state index contributed by atoms with van der Waals surface area (Å²) in [6, 6.07) is 11.3. The third-order valence-electron chi connectivity index (χ3n) is 5.47. The van der Waals surface area contributed by atoms with Crippen molar-refractivity contribution in [2.75, 3.05) is 18.4 Å². The molecule has 1 atom stereocenters. The maximum atomic E-state index is 13.1. The third-order valence-corrected chi connectivity index (χ3v) is 7.39. The monoisotopic (exact) mass is 443 g/mol. The summed E-state index contributed by atoms with van der Waals surface area (Å²) in [5, 5.41) is 5.46. The van der Waals surface area contributed by atoms with Gasteiger partial charge in [0, 0.05) is 12.2 Å². The fourth-order valence-corrected chi connectivity index (χ4v) is 5.71. The molecule has 2 N–H and O–H groups in total.